The molecule has 0 spiro atoms. The molecule has 0 aliphatic rings. The van der Waals surface area contributed by atoms with Gasteiger partial charge in [0.15, 0.2) is 5.82 Å². The predicted molar refractivity (Wildman–Crippen MR) is 43.9 cm³/mol. The minimum absolute atomic E-state index is 0.750. The standard InChI is InChI=1S/C8H8N4/c1-7-3-2-4-8(11-7)12-9-5-6-10-12/h2-6H,1H3. The van der Waals surface area contributed by atoms with Gasteiger partial charge in [-0.2, -0.15) is 10.2 Å². The molecule has 0 aliphatic heterocycles. The molecule has 2 aromatic heterocycles. The van der Waals surface area contributed by atoms with E-state index in [9.17, 15) is 0 Å². The summed E-state index contributed by atoms with van der Waals surface area (Å²) in [5, 5.41) is 7.94. The Hall–Kier alpha value is -1.71. The van der Waals surface area contributed by atoms with Crippen molar-refractivity contribution >= 4 is 0 Å². The number of hydrogen-bond acceptors (Lipinski definition) is 3. The van der Waals surface area contributed by atoms with E-state index in [2.05, 4.69) is 15.2 Å². The molecule has 0 amide bonds. The van der Waals surface area contributed by atoms with Crippen LogP contribution in [0.1, 0.15) is 5.69 Å². The zero-order valence-corrected chi connectivity index (χ0v) is 6.68. The van der Waals surface area contributed by atoms with Crippen molar-refractivity contribution in [2.24, 2.45) is 0 Å². The Balaban J connectivity index is 2.48. The minimum atomic E-state index is 0.750. The first-order valence-corrected chi connectivity index (χ1v) is 3.66. The van der Waals surface area contributed by atoms with Crippen LogP contribution in [0.2, 0.25) is 0 Å². The predicted octanol–water partition coefficient (Wildman–Crippen LogP) is 0.971. The Morgan fingerprint density at radius 1 is 1.17 bits per heavy atom. The molecule has 0 saturated heterocycles. The van der Waals surface area contributed by atoms with E-state index >= 15 is 0 Å². The maximum absolute atomic E-state index is 4.25. The lowest BCUT2D eigenvalue weighted by Gasteiger charge is -1.97. The smallest absolute Gasteiger partial charge is 0.174 e. The molecule has 2 rings (SSSR count). The highest BCUT2D eigenvalue weighted by Gasteiger charge is 1.96. The Labute approximate surface area is 69.9 Å². The molecule has 2 aromatic rings. The first-order chi connectivity index (χ1) is 5.86. The van der Waals surface area contributed by atoms with Crippen molar-refractivity contribution < 1.29 is 0 Å². The maximum atomic E-state index is 4.25. The monoisotopic (exact) mass is 160 g/mol. The first kappa shape index (κ1) is 6.97. The van der Waals surface area contributed by atoms with E-state index in [0.29, 0.717) is 0 Å². The summed E-state index contributed by atoms with van der Waals surface area (Å²) in [7, 11) is 0. The molecule has 2 heterocycles. The van der Waals surface area contributed by atoms with Gasteiger partial charge in [0, 0.05) is 5.69 Å². The van der Waals surface area contributed by atoms with Gasteiger partial charge < -0.3 is 0 Å². The van der Waals surface area contributed by atoms with Gasteiger partial charge in [0.2, 0.25) is 0 Å². The van der Waals surface area contributed by atoms with E-state index in [4.69, 9.17) is 0 Å². The molecule has 0 atom stereocenters. The van der Waals surface area contributed by atoms with Crippen molar-refractivity contribution in [1.29, 1.82) is 0 Å². The Bertz CT molecular complexity index is 366. The van der Waals surface area contributed by atoms with Gasteiger partial charge in [0.25, 0.3) is 0 Å². The molecule has 0 aromatic carbocycles. The Kier molecular flexibility index (Phi) is 1.59. The average Bonchev–Trinajstić information content (AvgIpc) is 2.56. The second kappa shape index (κ2) is 2.73. The van der Waals surface area contributed by atoms with Crippen LogP contribution in [0.4, 0.5) is 0 Å². The second-order valence-corrected chi connectivity index (χ2v) is 2.46. The lowest BCUT2D eigenvalue weighted by Crippen LogP contribution is -2.01. The number of pyridine rings is 1. The topological polar surface area (TPSA) is 43.6 Å². The van der Waals surface area contributed by atoms with E-state index < -0.39 is 0 Å². The highest BCUT2D eigenvalue weighted by molar-refractivity contribution is 5.20. The first-order valence-electron chi connectivity index (χ1n) is 3.66. The third-order valence-corrected chi connectivity index (χ3v) is 1.50. The molecule has 4 nitrogen and oxygen atoms in total. The Morgan fingerprint density at radius 3 is 2.58 bits per heavy atom. The zero-order chi connectivity index (χ0) is 8.39. The van der Waals surface area contributed by atoms with Gasteiger partial charge in [0.1, 0.15) is 0 Å². The SMILES string of the molecule is Cc1cccc(-n2nccn2)n1. The summed E-state index contributed by atoms with van der Waals surface area (Å²) < 4.78 is 0. The molecule has 0 saturated carbocycles. The fourth-order valence-corrected chi connectivity index (χ4v) is 0.974. The number of aromatic nitrogens is 4. The van der Waals surface area contributed by atoms with Gasteiger partial charge in [-0.3, -0.25) is 0 Å². The number of nitrogens with zero attached hydrogens (tertiary/aromatic N) is 4. The van der Waals surface area contributed by atoms with Gasteiger partial charge >= 0.3 is 0 Å². The lowest BCUT2D eigenvalue weighted by atomic mass is 10.4. The van der Waals surface area contributed by atoms with Crippen LogP contribution < -0.4 is 0 Å². The number of rotatable bonds is 1. The molecule has 0 unspecified atom stereocenters. The summed E-state index contributed by atoms with van der Waals surface area (Å²) in [6.07, 6.45) is 3.26. The van der Waals surface area contributed by atoms with E-state index in [0.717, 1.165) is 11.5 Å². The third-order valence-electron chi connectivity index (χ3n) is 1.50. The van der Waals surface area contributed by atoms with Crippen LogP contribution >= 0.6 is 0 Å². The highest BCUT2D eigenvalue weighted by atomic mass is 15.5. The van der Waals surface area contributed by atoms with Gasteiger partial charge in [-0.15, -0.1) is 4.80 Å². The Morgan fingerprint density at radius 2 is 1.92 bits per heavy atom. The van der Waals surface area contributed by atoms with E-state index in [1.165, 1.54) is 4.80 Å². The summed E-state index contributed by atoms with van der Waals surface area (Å²) in [5.74, 6) is 0.750. The second-order valence-electron chi connectivity index (χ2n) is 2.46. The molecular formula is C8H8N4. The molecule has 60 valence electrons. The fourth-order valence-electron chi connectivity index (χ4n) is 0.974. The van der Waals surface area contributed by atoms with Crippen LogP contribution in [0.5, 0.6) is 0 Å². The van der Waals surface area contributed by atoms with E-state index in [1.807, 2.05) is 25.1 Å². The van der Waals surface area contributed by atoms with Crippen molar-refractivity contribution in [3.8, 4) is 5.82 Å². The van der Waals surface area contributed by atoms with E-state index in [1.54, 1.807) is 12.4 Å². The van der Waals surface area contributed by atoms with Crippen molar-refractivity contribution in [3.63, 3.8) is 0 Å². The van der Waals surface area contributed by atoms with Crippen LogP contribution in [0.3, 0.4) is 0 Å². The average molecular weight is 160 g/mol. The van der Waals surface area contributed by atoms with E-state index in [-0.39, 0.29) is 0 Å². The molecule has 0 radical (unpaired) electrons. The summed E-state index contributed by atoms with van der Waals surface area (Å²) >= 11 is 0. The normalized spacial score (nSPS) is 10.1. The molecule has 4 heteroatoms. The van der Waals surface area contributed by atoms with Gasteiger partial charge in [-0.1, -0.05) is 6.07 Å². The largest absolute Gasteiger partial charge is 0.232 e. The third kappa shape index (κ3) is 1.18. The van der Waals surface area contributed by atoms with Gasteiger partial charge in [-0.05, 0) is 19.1 Å². The quantitative estimate of drug-likeness (QED) is 0.624. The molecule has 0 fully saturated rings. The minimum Gasteiger partial charge on any atom is -0.232 e. The van der Waals surface area contributed by atoms with Gasteiger partial charge in [-0.25, -0.2) is 4.98 Å². The molecule has 0 aliphatic carbocycles. The van der Waals surface area contributed by atoms with Crippen molar-refractivity contribution in [3.05, 3.63) is 36.3 Å². The van der Waals surface area contributed by atoms with Gasteiger partial charge in [0.05, 0.1) is 12.4 Å². The summed E-state index contributed by atoms with van der Waals surface area (Å²) in [4.78, 5) is 5.75. The zero-order valence-electron chi connectivity index (χ0n) is 6.68. The van der Waals surface area contributed by atoms with Crippen LogP contribution in [0, 0.1) is 6.92 Å². The van der Waals surface area contributed by atoms with Crippen LogP contribution in [-0.4, -0.2) is 20.0 Å². The van der Waals surface area contributed by atoms with Crippen LogP contribution in [0.25, 0.3) is 5.82 Å². The van der Waals surface area contributed by atoms with Crippen LogP contribution in [-0.2, 0) is 0 Å². The lowest BCUT2D eigenvalue weighted by molar-refractivity contribution is 0.726. The number of hydrogen-bond donors (Lipinski definition) is 0. The van der Waals surface area contributed by atoms with Crippen molar-refractivity contribution in [2.45, 2.75) is 6.92 Å². The van der Waals surface area contributed by atoms with Crippen molar-refractivity contribution in [2.75, 3.05) is 0 Å². The molecular weight excluding hydrogens is 152 g/mol. The summed E-state index contributed by atoms with van der Waals surface area (Å²) in [6.45, 7) is 1.94. The van der Waals surface area contributed by atoms with Crippen molar-refractivity contribution in [1.82, 2.24) is 20.0 Å². The summed E-state index contributed by atoms with van der Waals surface area (Å²) in [6, 6.07) is 5.74. The summed E-state index contributed by atoms with van der Waals surface area (Å²) in [5.41, 5.74) is 0.963. The fraction of sp³-hybridized carbons (Fsp3) is 0.125. The number of aryl methyl sites for hydroxylation is 1. The molecule has 0 bridgehead atoms. The molecule has 12 heavy (non-hydrogen) atoms. The maximum Gasteiger partial charge on any atom is 0.174 e. The van der Waals surface area contributed by atoms with Crippen LogP contribution in [0.15, 0.2) is 30.6 Å². The molecule has 0 N–H and O–H groups in total. The highest BCUT2D eigenvalue weighted by Crippen LogP contribution is 2.00.